The van der Waals surface area contributed by atoms with Gasteiger partial charge in [0.15, 0.2) is 11.5 Å². The molecule has 1 aliphatic rings. The van der Waals surface area contributed by atoms with Crippen molar-refractivity contribution >= 4 is 17.6 Å². The average molecular weight is 477 g/mol. The molecule has 0 spiro atoms. The van der Waals surface area contributed by atoms with Crippen LogP contribution in [-0.4, -0.2) is 24.7 Å². The van der Waals surface area contributed by atoms with E-state index in [2.05, 4.69) is 5.32 Å². The lowest BCUT2D eigenvalue weighted by Gasteiger charge is -2.29. The molecule has 172 valence electrons. The molecule has 3 aromatic carbocycles. The van der Waals surface area contributed by atoms with Crippen LogP contribution in [0.15, 0.2) is 78.9 Å². The molecule has 0 radical (unpaired) electrons. The molecule has 1 atom stereocenters. The van der Waals surface area contributed by atoms with Gasteiger partial charge < -0.3 is 14.8 Å². The van der Waals surface area contributed by atoms with Crippen LogP contribution in [0.1, 0.15) is 23.5 Å². The minimum Gasteiger partial charge on any atom is -0.424 e. The van der Waals surface area contributed by atoms with Crippen LogP contribution in [0.5, 0.6) is 11.5 Å². The van der Waals surface area contributed by atoms with Gasteiger partial charge in [-0.05, 0) is 29.7 Å². The standard InChI is InChI=1S/C24H20ClF3N2O3/c25-18-11-12-20-21(15-18)33-24(32-20,23(26,27)28)30-22(31)29-14-13-19(16-7-3-1-4-8-16)17-9-5-2-6-10-17/h1-12,15,19H,13-14H2,(H2,29,30,31)/t24-/m0/s1. The van der Waals surface area contributed by atoms with Gasteiger partial charge in [0.2, 0.25) is 0 Å². The average Bonchev–Trinajstić information content (AvgIpc) is 3.16. The number of hydrogen-bond acceptors (Lipinski definition) is 3. The van der Waals surface area contributed by atoms with E-state index in [4.69, 9.17) is 21.1 Å². The number of alkyl halides is 3. The minimum atomic E-state index is -5.05. The van der Waals surface area contributed by atoms with Crippen LogP contribution in [0.25, 0.3) is 0 Å². The molecular formula is C24H20ClF3N2O3. The van der Waals surface area contributed by atoms with E-state index >= 15 is 0 Å². The first kappa shape index (κ1) is 22.8. The number of amides is 2. The first-order valence-electron chi connectivity index (χ1n) is 10.2. The van der Waals surface area contributed by atoms with Crippen molar-refractivity contribution in [2.45, 2.75) is 24.4 Å². The first-order chi connectivity index (χ1) is 15.8. The Labute approximate surface area is 193 Å². The molecule has 0 unspecified atom stereocenters. The van der Waals surface area contributed by atoms with Crippen LogP contribution in [0, 0.1) is 0 Å². The van der Waals surface area contributed by atoms with Crippen LogP contribution in [0.2, 0.25) is 5.02 Å². The minimum absolute atomic E-state index is 0.0466. The van der Waals surface area contributed by atoms with Crippen LogP contribution in [0.3, 0.4) is 0 Å². The molecule has 0 saturated carbocycles. The van der Waals surface area contributed by atoms with Gasteiger partial charge in [-0.2, -0.15) is 13.2 Å². The summed E-state index contributed by atoms with van der Waals surface area (Å²) in [6, 6.07) is 22.1. The fourth-order valence-corrected chi connectivity index (χ4v) is 3.80. The number of carbonyl (C=O) groups excluding carboxylic acids is 1. The predicted octanol–water partition coefficient (Wildman–Crippen LogP) is 5.85. The monoisotopic (exact) mass is 476 g/mol. The number of rotatable bonds is 6. The Balaban J connectivity index is 1.43. The molecular weight excluding hydrogens is 457 g/mol. The van der Waals surface area contributed by atoms with Crippen molar-refractivity contribution in [1.29, 1.82) is 0 Å². The van der Waals surface area contributed by atoms with Gasteiger partial charge in [0.1, 0.15) is 0 Å². The Morgan fingerprint density at radius 1 is 0.909 bits per heavy atom. The highest BCUT2D eigenvalue weighted by Crippen LogP contribution is 2.46. The number of halogens is 4. The van der Waals surface area contributed by atoms with Crippen molar-refractivity contribution in [2.75, 3.05) is 6.54 Å². The lowest BCUT2D eigenvalue weighted by molar-refractivity contribution is -0.317. The van der Waals surface area contributed by atoms with E-state index in [1.165, 1.54) is 18.2 Å². The SMILES string of the molecule is O=C(NCCC(c1ccccc1)c1ccccc1)N[C@@]1(C(F)(F)F)Oc2ccc(Cl)cc2O1. The molecule has 0 bridgehead atoms. The summed E-state index contributed by atoms with van der Waals surface area (Å²) >= 11 is 5.82. The van der Waals surface area contributed by atoms with Gasteiger partial charge in [-0.1, -0.05) is 72.3 Å². The maximum atomic E-state index is 13.8. The van der Waals surface area contributed by atoms with Crippen LogP contribution in [0.4, 0.5) is 18.0 Å². The summed E-state index contributed by atoms with van der Waals surface area (Å²) in [5, 5.41) is 4.44. The van der Waals surface area contributed by atoms with Crippen molar-refractivity contribution in [3.8, 4) is 11.5 Å². The number of ether oxygens (including phenoxy) is 2. The fourth-order valence-electron chi connectivity index (χ4n) is 3.63. The van der Waals surface area contributed by atoms with E-state index in [-0.39, 0.29) is 29.0 Å². The van der Waals surface area contributed by atoms with Crippen molar-refractivity contribution in [3.63, 3.8) is 0 Å². The van der Waals surface area contributed by atoms with Crippen molar-refractivity contribution < 1.29 is 27.4 Å². The zero-order valence-electron chi connectivity index (χ0n) is 17.2. The molecule has 2 N–H and O–H groups in total. The van der Waals surface area contributed by atoms with E-state index in [9.17, 15) is 18.0 Å². The smallest absolute Gasteiger partial charge is 0.424 e. The Morgan fingerprint density at radius 2 is 1.48 bits per heavy atom. The Hall–Kier alpha value is -3.39. The van der Waals surface area contributed by atoms with Crippen molar-refractivity contribution in [3.05, 3.63) is 95.0 Å². The highest BCUT2D eigenvalue weighted by Gasteiger charge is 2.65. The highest BCUT2D eigenvalue weighted by atomic mass is 35.5. The Bertz CT molecular complexity index is 1070. The maximum Gasteiger partial charge on any atom is 0.492 e. The van der Waals surface area contributed by atoms with Gasteiger partial charge in [0, 0.05) is 23.6 Å². The van der Waals surface area contributed by atoms with Crippen LogP contribution >= 0.6 is 11.6 Å². The zero-order valence-corrected chi connectivity index (χ0v) is 18.0. The van der Waals surface area contributed by atoms with E-state index in [1.807, 2.05) is 60.7 Å². The molecule has 0 saturated heterocycles. The number of carbonyl (C=O) groups is 1. The van der Waals surface area contributed by atoms with E-state index in [0.717, 1.165) is 11.1 Å². The number of fused-ring (bicyclic) bond motifs is 1. The number of benzene rings is 3. The molecule has 2 amide bonds. The highest BCUT2D eigenvalue weighted by molar-refractivity contribution is 6.30. The second kappa shape index (κ2) is 9.23. The topological polar surface area (TPSA) is 59.6 Å². The molecule has 1 heterocycles. The zero-order chi connectivity index (χ0) is 23.5. The summed E-state index contributed by atoms with van der Waals surface area (Å²) < 4.78 is 51.4. The van der Waals surface area contributed by atoms with Crippen molar-refractivity contribution in [1.82, 2.24) is 10.6 Å². The predicted molar refractivity (Wildman–Crippen MR) is 117 cm³/mol. The summed E-state index contributed by atoms with van der Waals surface area (Å²) in [7, 11) is 0. The number of hydrogen-bond donors (Lipinski definition) is 2. The molecule has 0 fully saturated rings. The second-order valence-corrected chi connectivity index (χ2v) is 7.89. The molecule has 3 aromatic rings. The molecule has 1 aliphatic heterocycles. The van der Waals surface area contributed by atoms with Gasteiger partial charge in [-0.25, -0.2) is 4.79 Å². The van der Waals surface area contributed by atoms with E-state index in [0.29, 0.717) is 6.42 Å². The lowest BCUT2D eigenvalue weighted by Crippen LogP contribution is -2.66. The Morgan fingerprint density at radius 3 is 2.06 bits per heavy atom. The normalized spacial score (nSPS) is 17.1. The van der Waals surface area contributed by atoms with Gasteiger partial charge in [0.25, 0.3) is 0 Å². The third-order valence-electron chi connectivity index (χ3n) is 5.19. The van der Waals surface area contributed by atoms with Crippen molar-refractivity contribution in [2.24, 2.45) is 0 Å². The van der Waals surface area contributed by atoms with Gasteiger partial charge in [-0.3, -0.25) is 5.32 Å². The largest absolute Gasteiger partial charge is 0.492 e. The molecule has 5 nitrogen and oxygen atoms in total. The molecule has 0 aromatic heterocycles. The quantitative estimate of drug-likeness (QED) is 0.469. The molecule has 0 aliphatic carbocycles. The third kappa shape index (κ3) is 5.01. The summed E-state index contributed by atoms with van der Waals surface area (Å²) in [4.78, 5) is 12.4. The third-order valence-corrected chi connectivity index (χ3v) is 5.42. The van der Waals surface area contributed by atoms with Gasteiger partial charge >= 0.3 is 18.1 Å². The van der Waals surface area contributed by atoms with E-state index < -0.39 is 18.1 Å². The molecule has 9 heteroatoms. The first-order valence-corrected chi connectivity index (χ1v) is 10.6. The maximum absolute atomic E-state index is 13.8. The second-order valence-electron chi connectivity index (χ2n) is 7.45. The Kier molecular flexibility index (Phi) is 6.37. The van der Waals surface area contributed by atoms with E-state index in [1.54, 1.807) is 5.32 Å². The van der Waals surface area contributed by atoms with Gasteiger partial charge in [0.05, 0.1) is 0 Å². The lowest BCUT2D eigenvalue weighted by atomic mass is 9.88. The summed E-state index contributed by atoms with van der Waals surface area (Å²) in [6.45, 7) is 0.118. The summed E-state index contributed by atoms with van der Waals surface area (Å²) in [5.74, 6) is -3.78. The number of nitrogens with one attached hydrogen (secondary N) is 2. The fraction of sp³-hybridized carbons (Fsp3) is 0.208. The van der Waals surface area contributed by atoms with Crippen LogP contribution < -0.4 is 20.1 Å². The molecule has 33 heavy (non-hydrogen) atoms. The number of urea groups is 1. The molecule has 4 rings (SSSR count). The van der Waals surface area contributed by atoms with Crippen LogP contribution in [-0.2, 0) is 0 Å². The summed E-state index contributed by atoms with van der Waals surface area (Å²) in [5.41, 5.74) is 2.07. The summed E-state index contributed by atoms with van der Waals surface area (Å²) in [6.07, 6.45) is -4.58. The van der Waals surface area contributed by atoms with Gasteiger partial charge in [-0.15, -0.1) is 0 Å².